The Morgan fingerprint density at radius 2 is 2.32 bits per heavy atom. The molecular weight excluding hydrogens is 242 g/mol. The Bertz CT molecular complexity index is 433. The number of nitrogens with one attached hydrogen (secondary N) is 1. The molecule has 0 aromatic carbocycles. The van der Waals surface area contributed by atoms with E-state index >= 15 is 0 Å². The molecule has 0 bridgehead atoms. The molecule has 6 nitrogen and oxygen atoms in total. The molecule has 1 aromatic heterocycles. The highest BCUT2D eigenvalue weighted by molar-refractivity contribution is 5.28. The first-order valence-corrected chi connectivity index (χ1v) is 7.32. The Hall–Kier alpha value is -1.14. The van der Waals surface area contributed by atoms with Gasteiger partial charge in [0.2, 0.25) is 5.95 Å². The first-order chi connectivity index (χ1) is 9.28. The summed E-state index contributed by atoms with van der Waals surface area (Å²) in [6, 6.07) is 0.334. The summed E-state index contributed by atoms with van der Waals surface area (Å²) in [5.74, 6) is 1.79. The van der Waals surface area contributed by atoms with E-state index < -0.39 is 0 Å². The van der Waals surface area contributed by atoms with Crippen LogP contribution in [0.15, 0.2) is 0 Å². The van der Waals surface area contributed by atoms with Crippen LogP contribution in [-0.2, 0) is 11.2 Å². The van der Waals surface area contributed by atoms with E-state index in [0.29, 0.717) is 24.8 Å². The van der Waals surface area contributed by atoms with Crippen LogP contribution in [0.2, 0.25) is 0 Å². The maximum absolute atomic E-state index is 6.01. The van der Waals surface area contributed by atoms with Crippen molar-refractivity contribution >= 4 is 5.95 Å². The van der Waals surface area contributed by atoms with E-state index in [0.717, 1.165) is 50.4 Å². The van der Waals surface area contributed by atoms with Gasteiger partial charge in [0.1, 0.15) is 0 Å². The lowest BCUT2D eigenvalue weighted by Gasteiger charge is -2.28. The maximum Gasteiger partial charge on any atom is 0.221 e. The molecule has 3 rings (SSSR count). The summed E-state index contributed by atoms with van der Waals surface area (Å²) in [6.45, 7) is 3.79. The Kier molecular flexibility index (Phi) is 3.70. The third-order valence-corrected chi connectivity index (χ3v) is 4.01. The van der Waals surface area contributed by atoms with Gasteiger partial charge in [-0.15, -0.1) is 0 Å². The molecule has 3 N–H and O–H groups in total. The molecule has 3 heterocycles. The Morgan fingerprint density at radius 3 is 3.05 bits per heavy atom. The number of rotatable bonds is 4. The van der Waals surface area contributed by atoms with Gasteiger partial charge in [-0.1, -0.05) is 0 Å². The summed E-state index contributed by atoms with van der Waals surface area (Å²) < 4.78 is 8.05. The van der Waals surface area contributed by atoms with E-state index in [1.165, 1.54) is 0 Å². The van der Waals surface area contributed by atoms with Crippen molar-refractivity contribution in [1.82, 2.24) is 14.8 Å². The normalized spacial score (nSPS) is 30.1. The van der Waals surface area contributed by atoms with Gasteiger partial charge in [-0.3, -0.25) is 0 Å². The van der Waals surface area contributed by atoms with Gasteiger partial charge in [0.05, 0.1) is 18.2 Å². The highest BCUT2D eigenvalue weighted by atomic mass is 16.5. The van der Waals surface area contributed by atoms with Crippen LogP contribution in [0, 0.1) is 0 Å². The van der Waals surface area contributed by atoms with Crippen LogP contribution in [0.1, 0.15) is 44.5 Å². The van der Waals surface area contributed by atoms with Gasteiger partial charge in [-0.25, -0.2) is 4.68 Å². The Balaban J connectivity index is 1.77. The van der Waals surface area contributed by atoms with Crippen LogP contribution >= 0.6 is 0 Å². The molecule has 0 amide bonds. The van der Waals surface area contributed by atoms with Crippen LogP contribution in [-0.4, -0.2) is 40.1 Å². The first-order valence-electron chi connectivity index (χ1n) is 7.32. The molecule has 0 aliphatic carbocycles. The van der Waals surface area contributed by atoms with Crippen molar-refractivity contribution in [2.75, 3.05) is 18.4 Å². The van der Waals surface area contributed by atoms with Crippen LogP contribution in [0.25, 0.3) is 0 Å². The standard InChI is InChI=1S/C13H23N5O/c1-9-4-5-11(19-9)10-6-8-15-13-16-12(3-2-7-14)17-18(10)13/h9-11H,2-8,14H2,1H3,(H,15,16,17). The molecule has 0 radical (unpaired) electrons. The summed E-state index contributed by atoms with van der Waals surface area (Å²) in [4.78, 5) is 4.56. The quantitative estimate of drug-likeness (QED) is 0.852. The topological polar surface area (TPSA) is 78.0 Å². The van der Waals surface area contributed by atoms with Crippen molar-refractivity contribution in [3.05, 3.63) is 5.82 Å². The minimum Gasteiger partial charge on any atom is -0.373 e. The first kappa shape index (κ1) is 12.9. The van der Waals surface area contributed by atoms with Gasteiger partial charge in [-0.2, -0.15) is 10.1 Å². The van der Waals surface area contributed by atoms with Crippen molar-refractivity contribution in [3.63, 3.8) is 0 Å². The molecule has 106 valence electrons. The number of ether oxygens (including phenoxy) is 1. The van der Waals surface area contributed by atoms with E-state index in [1.807, 2.05) is 4.68 Å². The molecule has 2 aliphatic heterocycles. The van der Waals surface area contributed by atoms with Gasteiger partial charge in [0.25, 0.3) is 0 Å². The second-order valence-corrected chi connectivity index (χ2v) is 5.53. The second-order valence-electron chi connectivity index (χ2n) is 5.53. The molecule has 1 fully saturated rings. The highest BCUT2D eigenvalue weighted by Crippen LogP contribution is 2.33. The van der Waals surface area contributed by atoms with E-state index in [1.54, 1.807) is 0 Å². The minimum atomic E-state index is 0.292. The van der Waals surface area contributed by atoms with Gasteiger partial charge in [0, 0.05) is 13.0 Å². The van der Waals surface area contributed by atoms with E-state index in [4.69, 9.17) is 10.5 Å². The summed E-state index contributed by atoms with van der Waals surface area (Å²) in [6.07, 6.45) is 5.80. The van der Waals surface area contributed by atoms with Gasteiger partial charge in [-0.05, 0) is 39.2 Å². The number of hydrogen-bond donors (Lipinski definition) is 2. The Labute approximate surface area is 113 Å². The number of nitrogens with zero attached hydrogens (tertiary/aromatic N) is 3. The highest BCUT2D eigenvalue weighted by Gasteiger charge is 2.34. The van der Waals surface area contributed by atoms with Gasteiger partial charge >= 0.3 is 0 Å². The fraction of sp³-hybridized carbons (Fsp3) is 0.846. The lowest BCUT2D eigenvalue weighted by atomic mass is 10.0. The predicted molar refractivity (Wildman–Crippen MR) is 73.1 cm³/mol. The van der Waals surface area contributed by atoms with Crippen molar-refractivity contribution in [2.24, 2.45) is 5.73 Å². The van der Waals surface area contributed by atoms with Gasteiger partial charge in [0.15, 0.2) is 5.82 Å². The lowest BCUT2D eigenvalue weighted by Crippen LogP contribution is -2.32. The average molecular weight is 265 g/mol. The number of hydrogen-bond acceptors (Lipinski definition) is 5. The largest absolute Gasteiger partial charge is 0.373 e. The third kappa shape index (κ3) is 2.60. The van der Waals surface area contributed by atoms with Crippen molar-refractivity contribution in [2.45, 2.75) is 57.3 Å². The smallest absolute Gasteiger partial charge is 0.221 e. The van der Waals surface area contributed by atoms with Crippen molar-refractivity contribution in [1.29, 1.82) is 0 Å². The zero-order valence-corrected chi connectivity index (χ0v) is 11.5. The SMILES string of the molecule is CC1CCC(C2CCNc3nc(CCCN)nn32)O1. The zero-order valence-electron chi connectivity index (χ0n) is 11.5. The van der Waals surface area contributed by atoms with Gasteiger partial charge < -0.3 is 15.8 Å². The number of nitrogens with two attached hydrogens (primary N) is 1. The fourth-order valence-corrected chi connectivity index (χ4v) is 3.00. The number of fused-ring (bicyclic) bond motifs is 1. The lowest BCUT2D eigenvalue weighted by molar-refractivity contribution is 0.0171. The van der Waals surface area contributed by atoms with Crippen LogP contribution in [0.3, 0.4) is 0 Å². The van der Waals surface area contributed by atoms with E-state index in [9.17, 15) is 0 Å². The van der Waals surface area contributed by atoms with Crippen LogP contribution in [0.5, 0.6) is 0 Å². The van der Waals surface area contributed by atoms with E-state index in [2.05, 4.69) is 22.3 Å². The monoisotopic (exact) mass is 265 g/mol. The minimum absolute atomic E-state index is 0.292. The van der Waals surface area contributed by atoms with Crippen LogP contribution in [0.4, 0.5) is 5.95 Å². The maximum atomic E-state index is 6.01. The summed E-state index contributed by atoms with van der Waals surface area (Å²) in [7, 11) is 0. The predicted octanol–water partition coefficient (Wildman–Crippen LogP) is 1.09. The molecular formula is C13H23N5O. The summed E-state index contributed by atoms with van der Waals surface area (Å²) >= 11 is 0. The average Bonchev–Trinajstić information content (AvgIpc) is 3.01. The summed E-state index contributed by atoms with van der Waals surface area (Å²) in [5, 5.41) is 7.97. The summed E-state index contributed by atoms with van der Waals surface area (Å²) in [5.41, 5.74) is 5.54. The molecule has 1 saturated heterocycles. The Morgan fingerprint density at radius 1 is 1.42 bits per heavy atom. The fourth-order valence-electron chi connectivity index (χ4n) is 3.00. The van der Waals surface area contributed by atoms with E-state index in [-0.39, 0.29) is 0 Å². The molecule has 3 unspecified atom stereocenters. The molecule has 2 aliphatic rings. The molecule has 0 saturated carbocycles. The second kappa shape index (κ2) is 5.46. The number of anilines is 1. The number of aryl methyl sites for hydroxylation is 1. The van der Waals surface area contributed by atoms with Crippen LogP contribution < -0.4 is 11.1 Å². The molecule has 1 aromatic rings. The number of aromatic nitrogens is 3. The third-order valence-electron chi connectivity index (χ3n) is 4.01. The molecule has 19 heavy (non-hydrogen) atoms. The van der Waals surface area contributed by atoms with Crippen molar-refractivity contribution in [3.8, 4) is 0 Å². The molecule has 0 spiro atoms. The zero-order chi connectivity index (χ0) is 13.2. The molecule has 6 heteroatoms. The molecule has 3 atom stereocenters. The van der Waals surface area contributed by atoms with Crippen molar-refractivity contribution < 1.29 is 4.74 Å².